The molecule has 0 radical (unpaired) electrons. The third-order valence-corrected chi connectivity index (χ3v) is 8.69. The van der Waals surface area contributed by atoms with E-state index in [4.69, 9.17) is 9.26 Å². The van der Waals surface area contributed by atoms with E-state index in [2.05, 4.69) is 40.2 Å². The minimum absolute atomic E-state index is 0.480. The van der Waals surface area contributed by atoms with Crippen LogP contribution in [-0.4, -0.2) is 16.3 Å². The molecule has 5 nitrogen and oxygen atoms in total. The lowest BCUT2D eigenvalue weighted by Crippen LogP contribution is -2.35. The molecule has 1 aliphatic heterocycles. The Morgan fingerprint density at radius 3 is 2.19 bits per heavy atom. The fraction of sp³-hybridized carbons (Fsp3) is 0.600. The summed E-state index contributed by atoms with van der Waals surface area (Å²) in [6.45, 7) is 4.75. The first kappa shape index (κ1) is 30.0. The number of rotatable bonds is 18. The molecule has 0 N–H and O–H groups in total. The van der Waals surface area contributed by atoms with Gasteiger partial charge in [-0.05, 0) is 56.6 Å². The van der Waals surface area contributed by atoms with E-state index in [0.29, 0.717) is 12.4 Å². The standard InChI is InChI=1S/C30H43BrN2O3S/c1-3-4-5-6-7-8-9-10-11-12-13-14-15-16-17-18-23-35-30(26-19-21-27(31)22-20-26)28-32-36-29(34)33(28)25(2)24-37-30/h10-11,19-22,24H,3-9,12-18,23H2,1-2H3/b11-10-. The largest absolute Gasteiger partial charge is 0.446 e. The highest BCUT2D eigenvalue weighted by atomic mass is 79.9. The second kappa shape index (κ2) is 16.4. The number of aromatic nitrogens is 2. The molecule has 7 heteroatoms. The van der Waals surface area contributed by atoms with E-state index in [1.165, 1.54) is 93.4 Å². The molecule has 2 aromatic rings. The van der Waals surface area contributed by atoms with Crippen molar-refractivity contribution in [2.75, 3.05) is 6.61 Å². The molecule has 1 aromatic heterocycles. The van der Waals surface area contributed by atoms with E-state index in [0.717, 1.165) is 28.6 Å². The minimum atomic E-state index is -0.895. The van der Waals surface area contributed by atoms with Crippen molar-refractivity contribution >= 4 is 33.4 Å². The van der Waals surface area contributed by atoms with Crippen molar-refractivity contribution in [2.45, 2.75) is 109 Å². The van der Waals surface area contributed by atoms with Crippen molar-refractivity contribution in [3.05, 3.63) is 68.2 Å². The zero-order valence-electron chi connectivity index (χ0n) is 22.6. The van der Waals surface area contributed by atoms with Crippen LogP contribution < -0.4 is 5.76 Å². The Bertz CT molecular complexity index is 1040. The maximum absolute atomic E-state index is 12.3. The van der Waals surface area contributed by atoms with Gasteiger partial charge in [-0.3, -0.25) is 4.52 Å². The number of fused-ring (bicyclic) bond motifs is 1. The quantitative estimate of drug-likeness (QED) is 0.128. The van der Waals surface area contributed by atoms with Gasteiger partial charge in [-0.2, -0.15) is 0 Å². The number of benzene rings is 1. The highest BCUT2D eigenvalue weighted by Gasteiger charge is 2.44. The molecule has 1 atom stereocenters. The summed E-state index contributed by atoms with van der Waals surface area (Å²) in [5.41, 5.74) is 1.73. The van der Waals surface area contributed by atoms with Gasteiger partial charge in [0.15, 0.2) is 0 Å². The molecule has 0 aliphatic carbocycles. The number of halogens is 1. The van der Waals surface area contributed by atoms with Crippen molar-refractivity contribution in [1.82, 2.24) is 9.72 Å². The molecule has 0 bridgehead atoms. The molecule has 1 unspecified atom stereocenters. The molecule has 0 fully saturated rings. The Morgan fingerprint density at radius 2 is 1.54 bits per heavy atom. The molecule has 0 saturated heterocycles. The molecular formula is C30H43BrN2O3S. The fourth-order valence-corrected chi connectivity index (χ4v) is 6.02. The average molecular weight is 592 g/mol. The van der Waals surface area contributed by atoms with E-state index in [-0.39, 0.29) is 0 Å². The molecule has 3 rings (SSSR count). The summed E-state index contributed by atoms with van der Waals surface area (Å²) in [6.07, 6.45) is 22.6. The van der Waals surface area contributed by atoms with Gasteiger partial charge >= 0.3 is 5.76 Å². The zero-order valence-corrected chi connectivity index (χ0v) is 25.0. The van der Waals surface area contributed by atoms with Gasteiger partial charge < -0.3 is 4.74 Å². The maximum atomic E-state index is 12.3. The van der Waals surface area contributed by atoms with Gasteiger partial charge in [0.05, 0.1) is 0 Å². The molecule has 1 aliphatic rings. The van der Waals surface area contributed by atoms with Crippen LogP contribution in [0.4, 0.5) is 0 Å². The lowest BCUT2D eigenvalue weighted by molar-refractivity contribution is 0.0407. The van der Waals surface area contributed by atoms with Gasteiger partial charge in [-0.1, -0.05) is 122 Å². The van der Waals surface area contributed by atoms with Crippen molar-refractivity contribution in [2.24, 2.45) is 0 Å². The first-order chi connectivity index (χ1) is 18.1. The van der Waals surface area contributed by atoms with Gasteiger partial charge in [0, 0.05) is 22.3 Å². The Morgan fingerprint density at radius 1 is 0.946 bits per heavy atom. The van der Waals surface area contributed by atoms with E-state index < -0.39 is 10.7 Å². The van der Waals surface area contributed by atoms with E-state index in [1.54, 1.807) is 0 Å². The molecule has 0 saturated carbocycles. The van der Waals surface area contributed by atoms with Crippen molar-refractivity contribution < 1.29 is 9.26 Å². The summed E-state index contributed by atoms with van der Waals surface area (Å²) in [5, 5.41) is 6.08. The van der Waals surface area contributed by atoms with Gasteiger partial charge in [-0.25, -0.2) is 9.36 Å². The number of hydrogen-bond donors (Lipinski definition) is 0. The van der Waals surface area contributed by atoms with E-state index >= 15 is 0 Å². The topological polar surface area (TPSA) is 57.3 Å². The van der Waals surface area contributed by atoms with Crippen LogP contribution in [0.15, 0.2) is 55.6 Å². The summed E-state index contributed by atoms with van der Waals surface area (Å²) >= 11 is 5.04. The lowest BCUT2D eigenvalue weighted by atomic mass is 10.1. The van der Waals surface area contributed by atoms with Crippen molar-refractivity contribution in [1.29, 1.82) is 0 Å². The van der Waals surface area contributed by atoms with Crippen LogP contribution in [0, 0.1) is 0 Å². The molecule has 1 aromatic carbocycles. The molecule has 37 heavy (non-hydrogen) atoms. The van der Waals surface area contributed by atoms with Crippen LogP contribution in [0.25, 0.3) is 5.70 Å². The Kier molecular flexibility index (Phi) is 13.3. The minimum Gasteiger partial charge on any atom is -0.352 e. The normalized spacial score (nSPS) is 17.3. The van der Waals surface area contributed by atoms with Crippen molar-refractivity contribution in [3.8, 4) is 0 Å². The smallest absolute Gasteiger partial charge is 0.352 e. The molecule has 0 spiro atoms. The van der Waals surface area contributed by atoms with E-state index in [9.17, 15) is 4.79 Å². The number of ether oxygens (including phenoxy) is 1. The molecule has 204 valence electrons. The number of unbranched alkanes of at least 4 members (excludes halogenated alkanes) is 12. The Balaban J connectivity index is 1.35. The number of hydrogen-bond acceptors (Lipinski definition) is 5. The third kappa shape index (κ3) is 9.00. The summed E-state index contributed by atoms with van der Waals surface area (Å²) in [5.74, 6) is 0.0146. The van der Waals surface area contributed by atoms with Crippen LogP contribution in [0.1, 0.15) is 115 Å². The summed E-state index contributed by atoms with van der Waals surface area (Å²) in [6, 6.07) is 7.99. The number of nitrogens with zero attached hydrogens (tertiary/aromatic N) is 2. The van der Waals surface area contributed by atoms with E-state index in [1.807, 2.05) is 36.6 Å². The third-order valence-electron chi connectivity index (χ3n) is 6.83. The van der Waals surface area contributed by atoms with Gasteiger partial charge in [0.25, 0.3) is 0 Å². The van der Waals surface area contributed by atoms with Crippen molar-refractivity contribution in [3.63, 3.8) is 0 Å². The Hall–Kier alpha value is -1.57. The van der Waals surface area contributed by atoms with Gasteiger partial charge in [-0.15, -0.1) is 0 Å². The summed E-state index contributed by atoms with van der Waals surface area (Å²) in [4.78, 5) is 11.4. The van der Waals surface area contributed by atoms with Gasteiger partial charge in [0.2, 0.25) is 10.8 Å². The predicted molar refractivity (Wildman–Crippen MR) is 159 cm³/mol. The second-order valence-corrected chi connectivity index (χ2v) is 11.9. The highest BCUT2D eigenvalue weighted by Crippen LogP contribution is 2.47. The maximum Gasteiger partial charge on any atom is 0.446 e. The van der Waals surface area contributed by atoms with Crippen LogP contribution >= 0.6 is 27.7 Å². The van der Waals surface area contributed by atoms with Gasteiger partial charge in [0.1, 0.15) is 0 Å². The first-order valence-electron chi connectivity index (χ1n) is 14.1. The fourth-order valence-electron chi connectivity index (χ4n) is 4.66. The van der Waals surface area contributed by atoms with Crippen LogP contribution in [0.2, 0.25) is 0 Å². The lowest BCUT2D eigenvalue weighted by Gasteiger charge is -2.34. The molecule has 2 heterocycles. The average Bonchev–Trinajstić information content (AvgIpc) is 3.30. The predicted octanol–water partition coefficient (Wildman–Crippen LogP) is 9.42. The Labute approximate surface area is 235 Å². The van der Waals surface area contributed by atoms with Crippen LogP contribution in [-0.2, 0) is 9.67 Å². The summed E-state index contributed by atoms with van der Waals surface area (Å²) in [7, 11) is 0. The van der Waals surface area contributed by atoms with Crippen LogP contribution in [0.3, 0.4) is 0 Å². The SMILES string of the molecule is CCCCCCCC/C=C\CCCCCCCCOC1(c2ccc(Br)cc2)SC=C(C)n2c1noc2=O. The monoisotopic (exact) mass is 590 g/mol. The molecular weight excluding hydrogens is 548 g/mol. The zero-order chi connectivity index (χ0) is 26.3. The summed E-state index contributed by atoms with van der Waals surface area (Å²) < 4.78 is 14.1. The first-order valence-corrected chi connectivity index (χ1v) is 15.7. The number of allylic oxidation sites excluding steroid dienone is 3. The highest BCUT2D eigenvalue weighted by molar-refractivity contribution is 9.10. The second-order valence-electron chi connectivity index (χ2n) is 9.89. The molecule has 0 amide bonds. The number of thioether (sulfide) groups is 1. The van der Waals surface area contributed by atoms with Crippen LogP contribution in [0.5, 0.6) is 0 Å².